The van der Waals surface area contributed by atoms with Crippen LogP contribution in [-0.4, -0.2) is 142 Å². The normalized spacial score (nSPS) is 43.5. The van der Waals surface area contributed by atoms with Gasteiger partial charge in [-0.2, -0.15) is 0 Å². The van der Waals surface area contributed by atoms with Gasteiger partial charge in [-0.1, -0.05) is 27.7 Å². The van der Waals surface area contributed by atoms with E-state index in [-0.39, 0.29) is 37.4 Å². The van der Waals surface area contributed by atoms with E-state index in [1.54, 1.807) is 34.6 Å². The maximum absolute atomic E-state index is 14.4. The van der Waals surface area contributed by atoms with Gasteiger partial charge >= 0.3 is 23.9 Å². The first-order valence-corrected chi connectivity index (χ1v) is 20.3. The summed E-state index contributed by atoms with van der Waals surface area (Å²) in [4.78, 5) is 67.4. The Balaban J connectivity index is 1.82. The molecule has 16 nitrogen and oxygen atoms in total. The number of carbonyl (C=O) groups excluding carboxylic acids is 5. The molecule has 4 heterocycles. The summed E-state index contributed by atoms with van der Waals surface area (Å²) in [5.74, 6) is -5.69. The molecule has 8 unspecified atom stereocenters. The molecule has 0 aromatic heterocycles. The summed E-state index contributed by atoms with van der Waals surface area (Å²) in [6.07, 6.45) is -7.35. The molecule has 0 N–H and O–H groups in total. The highest BCUT2D eigenvalue weighted by molar-refractivity contribution is 5.92. The molecule has 4 aliphatic heterocycles. The lowest BCUT2D eigenvalue weighted by molar-refractivity contribution is -0.301. The van der Waals surface area contributed by atoms with E-state index in [2.05, 4.69) is 0 Å². The highest BCUT2D eigenvalue weighted by Crippen LogP contribution is 2.44. The van der Waals surface area contributed by atoms with E-state index >= 15 is 0 Å². The number of epoxide rings is 1. The third-order valence-electron chi connectivity index (χ3n) is 12.2. The Hall–Kier alpha value is -2.73. The van der Waals surface area contributed by atoms with Crippen molar-refractivity contribution >= 4 is 29.7 Å². The fraction of sp³-hybridized carbons (Fsp3) is 0.878. The van der Waals surface area contributed by atoms with Crippen LogP contribution in [0.3, 0.4) is 0 Å². The molecule has 326 valence electrons. The molecule has 4 saturated heterocycles. The summed E-state index contributed by atoms with van der Waals surface area (Å²) in [6.45, 7) is 18.5. The SMILES string of the molecule is COC1CC(O[C@H]2[C@H](C)[C@@H](OC3OC(C)CC(N(C)C)C3OC(C)=O)[C@@H](C)C[C@]3(CO3)C(=O)[C@H](C)[C@@H](OC(C)=O)[C@@H](C)[C@@H](C)OC(=O)[C@@H]2C)OC(C)C1OC(C)=O. The average Bonchev–Trinajstić information content (AvgIpc) is 3.91. The molecule has 0 radical (unpaired) electrons. The topological polar surface area (TPSA) is 184 Å². The van der Waals surface area contributed by atoms with Gasteiger partial charge in [0, 0.05) is 46.1 Å². The van der Waals surface area contributed by atoms with Gasteiger partial charge in [0.2, 0.25) is 0 Å². The zero-order valence-electron chi connectivity index (χ0n) is 36.2. The first-order chi connectivity index (χ1) is 26.6. The number of carbonyl (C=O) groups is 5. The number of likely N-dealkylation sites (N-methyl/N-ethyl adjacent to an activating group) is 1. The average molecular weight is 814 g/mol. The molecule has 0 bridgehead atoms. The lowest BCUT2D eigenvalue weighted by Gasteiger charge is -2.46. The number of rotatable bonds is 9. The summed E-state index contributed by atoms with van der Waals surface area (Å²) < 4.78 is 61.5. The van der Waals surface area contributed by atoms with Crippen molar-refractivity contribution in [3.8, 4) is 0 Å². The Kier molecular flexibility index (Phi) is 16.1. The van der Waals surface area contributed by atoms with Crippen LogP contribution in [0.15, 0.2) is 0 Å². The van der Waals surface area contributed by atoms with Crippen LogP contribution in [0.2, 0.25) is 0 Å². The zero-order chi connectivity index (χ0) is 42.7. The standard InChI is InChI=1S/C41H67NO15/c1-19-17-41(18-49-41)38(46)23(5)34(53-27(9)43)21(3)25(7)52-39(47)24(6)35(56-32-16-31(48-14)36(26(8)51-32)54-28(10)44)22(4)33(19)57-40-37(55-29(11)45)30(42(12)13)15-20(2)50-40/h19-26,30-37,40H,15-18H2,1-14H3/t19-,20?,21-,22+,23+,24+,25+,26?,30?,31?,32?,33-,34-,35-,36?,37?,40?,41-/m0/s1. The van der Waals surface area contributed by atoms with E-state index in [4.69, 9.17) is 47.4 Å². The Bertz CT molecular complexity index is 1420. The minimum Gasteiger partial charge on any atom is -0.462 e. The molecule has 16 heteroatoms. The van der Waals surface area contributed by atoms with Gasteiger partial charge < -0.3 is 52.3 Å². The minimum absolute atomic E-state index is 0.162. The van der Waals surface area contributed by atoms with Crippen molar-refractivity contribution in [3.05, 3.63) is 0 Å². The van der Waals surface area contributed by atoms with Crippen LogP contribution < -0.4 is 0 Å². The van der Waals surface area contributed by atoms with Gasteiger partial charge in [0.05, 0.1) is 48.9 Å². The quantitative estimate of drug-likeness (QED) is 0.187. The number of hydrogen-bond donors (Lipinski definition) is 0. The monoisotopic (exact) mass is 813 g/mol. The third kappa shape index (κ3) is 11.3. The van der Waals surface area contributed by atoms with Gasteiger partial charge in [0.1, 0.15) is 18.3 Å². The fourth-order valence-electron chi connectivity index (χ4n) is 8.93. The number of cyclic esters (lactones) is 1. The number of ether oxygens (including phenoxy) is 10. The van der Waals surface area contributed by atoms with Gasteiger partial charge in [-0.15, -0.1) is 0 Å². The minimum atomic E-state index is -1.19. The second-order valence-electron chi connectivity index (χ2n) is 17.1. The van der Waals surface area contributed by atoms with E-state index in [9.17, 15) is 24.0 Å². The van der Waals surface area contributed by atoms with Crippen molar-refractivity contribution < 1.29 is 71.3 Å². The van der Waals surface area contributed by atoms with Crippen molar-refractivity contribution in [3.63, 3.8) is 0 Å². The van der Waals surface area contributed by atoms with Crippen LogP contribution in [0.25, 0.3) is 0 Å². The lowest BCUT2D eigenvalue weighted by Crippen LogP contribution is -2.58. The van der Waals surface area contributed by atoms with Gasteiger partial charge in [0.15, 0.2) is 36.2 Å². The molecular weight excluding hydrogens is 746 g/mol. The fourth-order valence-corrected chi connectivity index (χ4v) is 8.93. The molecule has 4 rings (SSSR count). The Morgan fingerprint density at radius 2 is 1.28 bits per heavy atom. The summed E-state index contributed by atoms with van der Waals surface area (Å²) in [5, 5.41) is 0. The first kappa shape index (κ1) is 47.0. The molecule has 4 fully saturated rings. The van der Waals surface area contributed by atoms with Crippen molar-refractivity contribution in [1.29, 1.82) is 0 Å². The highest BCUT2D eigenvalue weighted by atomic mass is 16.7. The molecule has 1 spiro atoms. The van der Waals surface area contributed by atoms with E-state index in [0.29, 0.717) is 6.42 Å². The number of nitrogens with zero attached hydrogens (tertiary/aromatic N) is 1. The van der Waals surface area contributed by atoms with Gasteiger partial charge in [0.25, 0.3) is 0 Å². The molecule has 18 atom stereocenters. The summed E-state index contributed by atoms with van der Waals surface area (Å²) >= 11 is 0. The summed E-state index contributed by atoms with van der Waals surface area (Å²) in [5.41, 5.74) is -1.19. The highest BCUT2D eigenvalue weighted by Gasteiger charge is 2.58. The second kappa shape index (κ2) is 19.6. The molecule has 0 saturated carbocycles. The van der Waals surface area contributed by atoms with Crippen LogP contribution in [0, 0.1) is 29.6 Å². The molecule has 0 aromatic carbocycles. The molecule has 0 aliphatic carbocycles. The number of ketones is 1. The van der Waals surface area contributed by atoms with Crippen LogP contribution in [-0.2, 0) is 71.3 Å². The number of esters is 4. The number of Topliss-reactive ketones (excluding diaryl/α,β-unsaturated/α-hetero) is 1. The van der Waals surface area contributed by atoms with Crippen LogP contribution in [0.5, 0.6) is 0 Å². The van der Waals surface area contributed by atoms with Gasteiger partial charge in [-0.05, 0) is 60.5 Å². The Labute approximate surface area is 337 Å². The van der Waals surface area contributed by atoms with Gasteiger partial charge in [-0.3, -0.25) is 24.0 Å². The van der Waals surface area contributed by atoms with E-state index < -0.39 is 120 Å². The first-order valence-electron chi connectivity index (χ1n) is 20.3. The molecule has 4 aliphatic rings. The third-order valence-corrected chi connectivity index (χ3v) is 12.2. The molecule has 0 amide bonds. The largest absolute Gasteiger partial charge is 0.462 e. The van der Waals surface area contributed by atoms with Crippen molar-refractivity contribution in [1.82, 2.24) is 4.90 Å². The Morgan fingerprint density at radius 1 is 0.702 bits per heavy atom. The van der Waals surface area contributed by atoms with Crippen molar-refractivity contribution in [2.75, 3.05) is 27.8 Å². The number of methoxy groups -OCH3 is 1. The maximum Gasteiger partial charge on any atom is 0.311 e. The van der Waals surface area contributed by atoms with Crippen molar-refractivity contribution in [2.45, 2.75) is 175 Å². The van der Waals surface area contributed by atoms with Gasteiger partial charge in [-0.25, -0.2) is 0 Å². The second-order valence-corrected chi connectivity index (χ2v) is 17.1. The summed E-state index contributed by atoms with van der Waals surface area (Å²) in [7, 11) is 5.31. The molecule has 0 aromatic rings. The predicted octanol–water partition coefficient (Wildman–Crippen LogP) is 3.62. The molecular formula is C41H67NO15. The van der Waals surface area contributed by atoms with Crippen molar-refractivity contribution in [2.24, 2.45) is 29.6 Å². The van der Waals surface area contributed by atoms with E-state index in [0.717, 1.165) is 0 Å². The number of hydrogen-bond acceptors (Lipinski definition) is 16. The van der Waals surface area contributed by atoms with Crippen LogP contribution in [0.1, 0.15) is 95.4 Å². The zero-order valence-corrected chi connectivity index (χ0v) is 36.2. The molecule has 57 heavy (non-hydrogen) atoms. The lowest BCUT2D eigenvalue weighted by atomic mass is 9.76. The van der Waals surface area contributed by atoms with E-state index in [1.807, 2.05) is 39.8 Å². The van der Waals surface area contributed by atoms with Crippen LogP contribution in [0.4, 0.5) is 0 Å². The smallest absolute Gasteiger partial charge is 0.311 e. The van der Waals surface area contributed by atoms with Crippen LogP contribution >= 0.6 is 0 Å². The van der Waals surface area contributed by atoms with E-state index in [1.165, 1.54) is 27.9 Å². The summed E-state index contributed by atoms with van der Waals surface area (Å²) in [6, 6.07) is -0.247. The Morgan fingerprint density at radius 3 is 1.82 bits per heavy atom. The predicted molar refractivity (Wildman–Crippen MR) is 202 cm³/mol. The maximum atomic E-state index is 14.4.